The van der Waals surface area contributed by atoms with E-state index < -0.39 is 5.41 Å². The first kappa shape index (κ1) is 30.4. The van der Waals surface area contributed by atoms with Gasteiger partial charge in [-0.1, -0.05) is 140 Å². The number of fused-ring (bicyclic) bond motifs is 10. The fourth-order valence-corrected chi connectivity index (χ4v) is 9.31. The highest BCUT2D eigenvalue weighted by atomic mass is 32.1. The minimum atomic E-state index is -0.657. The van der Waals surface area contributed by atoms with E-state index >= 15 is 0 Å². The number of benzene rings is 6. The summed E-state index contributed by atoms with van der Waals surface area (Å²) in [5.74, 6) is 3.41. The zero-order valence-electron chi connectivity index (χ0n) is 28.4. The Morgan fingerprint density at radius 1 is 0.596 bits per heavy atom. The van der Waals surface area contributed by atoms with Gasteiger partial charge in [-0.15, -0.1) is 11.3 Å². The summed E-state index contributed by atoms with van der Waals surface area (Å²) in [5.41, 5.74) is 9.02. The first-order valence-electron chi connectivity index (χ1n) is 17.4. The lowest BCUT2D eigenvalue weighted by atomic mass is 9.65. The van der Waals surface area contributed by atoms with Gasteiger partial charge in [-0.25, -0.2) is 15.0 Å². The molecule has 0 amide bonds. The molecule has 1 spiro atoms. The monoisotopic (exact) mass is 685 g/mol. The Morgan fingerprint density at radius 2 is 1.21 bits per heavy atom. The number of rotatable bonds is 5. The predicted molar refractivity (Wildman–Crippen MR) is 214 cm³/mol. The third-order valence-electron chi connectivity index (χ3n) is 10.3. The Kier molecular flexibility index (Phi) is 6.92. The second-order valence-corrected chi connectivity index (χ2v) is 14.2. The van der Waals surface area contributed by atoms with Gasteiger partial charge in [0.05, 0.1) is 5.41 Å². The van der Waals surface area contributed by atoms with Crippen LogP contribution in [0, 0.1) is 0 Å². The van der Waals surface area contributed by atoms with Crippen LogP contribution in [0.1, 0.15) is 29.2 Å². The highest BCUT2D eigenvalue weighted by molar-refractivity contribution is 7.25. The van der Waals surface area contributed by atoms with Crippen LogP contribution in [-0.2, 0) is 5.41 Å². The minimum absolute atomic E-state index is 0.583. The van der Waals surface area contributed by atoms with Crippen molar-refractivity contribution in [3.8, 4) is 45.7 Å². The minimum Gasteiger partial charge on any atom is -0.457 e. The molecule has 5 heteroatoms. The molecule has 2 aromatic heterocycles. The van der Waals surface area contributed by atoms with E-state index in [1.54, 1.807) is 0 Å². The average Bonchev–Trinajstić information content (AvgIpc) is 3.72. The summed E-state index contributed by atoms with van der Waals surface area (Å²) < 4.78 is 9.42. The lowest BCUT2D eigenvalue weighted by Crippen LogP contribution is -2.32. The first-order valence-corrected chi connectivity index (χ1v) is 18.2. The molecule has 52 heavy (non-hydrogen) atoms. The molecular formula is C47H31N3OS. The third-order valence-corrected chi connectivity index (χ3v) is 11.4. The van der Waals surface area contributed by atoms with Crippen LogP contribution in [0.4, 0.5) is 0 Å². The van der Waals surface area contributed by atoms with Crippen molar-refractivity contribution < 1.29 is 4.74 Å². The van der Waals surface area contributed by atoms with Gasteiger partial charge in [-0.3, -0.25) is 0 Å². The number of thiophene rings is 1. The van der Waals surface area contributed by atoms with E-state index in [1.807, 2.05) is 78.1 Å². The van der Waals surface area contributed by atoms with Crippen LogP contribution in [0.5, 0.6) is 11.5 Å². The Hall–Kier alpha value is -6.43. The number of hydrogen-bond donors (Lipinski definition) is 0. The Labute approximate surface area is 305 Å². The molecule has 1 atom stereocenters. The number of ether oxygens (including phenoxy) is 1. The van der Waals surface area contributed by atoms with E-state index in [1.165, 1.54) is 36.9 Å². The molecule has 2 aliphatic rings. The summed E-state index contributed by atoms with van der Waals surface area (Å²) in [4.78, 5) is 15.0. The third kappa shape index (κ3) is 4.36. The average molecular weight is 686 g/mol. The number of nitrogens with zero attached hydrogens (tertiary/aromatic N) is 3. The second kappa shape index (κ2) is 11.8. The van der Waals surface area contributed by atoms with Gasteiger partial charge in [-0.2, -0.15) is 0 Å². The molecular weight excluding hydrogens is 655 g/mol. The summed E-state index contributed by atoms with van der Waals surface area (Å²) in [7, 11) is 0. The molecule has 0 saturated carbocycles. The van der Waals surface area contributed by atoms with E-state index in [0.717, 1.165) is 44.9 Å². The maximum Gasteiger partial charge on any atom is 0.164 e. The molecule has 0 fully saturated rings. The van der Waals surface area contributed by atoms with Crippen LogP contribution in [0.3, 0.4) is 0 Å². The maximum absolute atomic E-state index is 6.86. The highest BCUT2D eigenvalue weighted by Gasteiger charge is 2.52. The summed E-state index contributed by atoms with van der Waals surface area (Å²) in [6.07, 6.45) is 6.45. The van der Waals surface area contributed by atoms with Crippen molar-refractivity contribution in [2.75, 3.05) is 0 Å². The van der Waals surface area contributed by atoms with Gasteiger partial charge < -0.3 is 4.74 Å². The zero-order valence-corrected chi connectivity index (χ0v) is 29.2. The molecule has 10 rings (SSSR count). The molecule has 1 aliphatic carbocycles. The van der Waals surface area contributed by atoms with E-state index in [4.69, 9.17) is 19.7 Å². The van der Waals surface area contributed by atoms with Crippen molar-refractivity contribution >= 4 is 37.1 Å². The van der Waals surface area contributed by atoms with Gasteiger partial charge in [0.25, 0.3) is 0 Å². The van der Waals surface area contributed by atoms with Gasteiger partial charge in [0.1, 0.15) is 11.5 Å². The molecule has 0 saturated heterocycles. The zero-order chi connectivity index (χ0) is 34.8. The van der Waals surface area contributed by atoms with E-state index in [9.17, 15) is 0 Å². The molecule has 8 aromatic rings. The van der Waals surface area contributed by atoms with E-state index in [0.29, 0.717) is 17.5 Å². The predicted octanol–water partition coefficient (Wildman–Crippen LogP) is 12.2. The SMILES string of the molecule is C=CC1=C(/C=C\C)c2c(ccc3sc4ccccc4c23)C12c1ccccc1Oc1cc(-c3nc(-c4ccccc4)nc(-c4ccccc4)n3)ccc12. The molecule has 6 aromatic carbocycles. The quantitative estimate of drug-likeness (QED) is 0.181. The van der Waals surface area contributed by atoms with Crippen LogP contribution in [-0.4, -0.2) is 15.0 Å². The fraction of sp³-hybridized carbons (Fsp3) is 0.0426. The van der Waals surface area contributed by atoms with E-state index in [-0.39, 0.29) is 0 Å². The summed E-state index contributed by atoms with van der Waals surface area (Å²) in [6.45, 7) is 6.56. The van der Waals surface area contributed by atoms with Crippen molar-refractivity contribution in [2.45, 2.75) is 12.3 Å². The molecule has 4 nitrogen and oxygen atoms in total. The molecule has 246 valence electrons. The summed E-state index contributed by atoms with van der Waals surface area (Å²) in [6, 6.07) is 48.3. The summed E-state index contributed by atoms with van der Waals surface area (Å²) >= 11 is 1.85. The van der Waals surface area contributed by atoms with E-state index in [2.05, 4.69) is 105 Å². The van der Waals surface area contributed by atoms with Crippen LogP contribution >= 0.6 is 11.3 Å². The van der Waals surface area contributed by atoms with Crippen molar-refractivity contribution in [3.63, 3.8) is 0 Å². The number of hydrogen-bond acceptors (Lipinski definition) is 5. The lowest BCUT2D eigenvalue weighted by Gasteiger charge is -2.40. The highest BCUT2D eigenvalue weighted by Crippen LogP contribution is 2.63. The van der Waals surface area contributed by atoms with Crippen LogP contribution in [0.2, 0.25) is 0 Å². The van der Waals surface area contributed by atoms with Gasteiger partial charge >= 0.3 is 0 Å². The standard InChI is InChI=1S/C47H31N3OS/c1-3-15-32-34(4-2)47(37-26-27-41-43(42(32)37)33-20-11-14-23-40(33)52-41)35-21-12-13-22-38(35)51-39-28-31(24-25-36(39)47)46-49-44(29-16-7-5-8-17-29)48-45(50-46)30-18-9-6-10-19-30/h3-28H,2H2,1H3/b15-3-. The van der Waals surface area contributed by atoms with Gasteiger partial charge in [0.2, 0.25) is 0 Å². The topological polar surface area (TPSA) is 47.9 Å². The smallest absolute Gasteiger partial charge is 0.164 e. The van der Waals surface area contributed by atoms with Crippen LogP contribution in [0.25, 0.3) is 59.9 Å². The number of aromatic nitrogens is 3. The molecule has 1 unspecified atom stereocenters. The molecule has 0 radical (unpaired) electrons. The maximum atomic E-state index is 6.86. The van der Waals surface area contributed by atoms with Crippen molar-refractivity contribution in [1.82, 2.24) is 15.0 Å². The Morgan fingerprint density at radius 3 is 1.92 bits per heavy atom. The van der Waals surface area contributed by atoms with Crippen molar-refractivity contribution in [3.05, 3.63) is 192 Å². The molecule has 0 N–H and O–H groups in total. The van der Waals surface area contributed by atoms with Gasteiger partial charge in [0.15, 0.2) is 17.5 Å². The van der Waals surface area contributed by atoms with Crippen LogP contribution in [0.15, 0.2) is 170 Å². The Balaban J connectivity index is 1.25. The van der Waals surface area contributed by atoms with Gasteiger partial charge in [0, 0.05) is 48.0 Å². The second-order valence-electron chi connectivity index (χ2n) is 13.1. The molecule has 1 aliphatic heterocycles. The lowest BCUT2D eigenvalue weighted by molar-refractivity contribution is 0.436. The fourth-order valence-electron chi connectivity index (χ4n) is 8.20. The molecule has 3 heterocycles. The number of allylic oxidation sites excluding steroid dienone is 5. The largest absolute Gasteiger partial charge is 0.457 e. The van der Waals surface area contributed by atoms with Gasteiger partial charge in [-0.05, 0) is 53.5 Å². The van der Waals surface area contributed by atoms with Crippen molar-refractivity contribution in [2.24, 2.45) is 0 Å². The summed E-state index contributed by atoms with van der Waals surface area (Å²) in [5, 5.41) is 2.56. The van der Waals surface area contributed by atoms with Crippen LogP contribution < -0.4 is 4.74 Å². The normalized spacial score (nSPS) is 15.9. The number of para-hydroxylation sites is 1. The Bertz CT molecular complexity index is 2740. The van der Waals surface area contributed by atoms with Crippen molar-refractivity contribution in [1.29, 1.82) is 0 Å². The molecule has 0 bridgehead atoms. The first-order chi connectivity index (χ1) is 25.7.